The van der Waals surface area contributed by atoms with Gasteiger partial charge in [0.05, 0.1) is 11.0 Å². The third-order valence-electron chi connectivity index (χ3n) is 3.98. The molecule has 1 heterocycles. The minimum Gasteiger partial charge on any atom is -0.278 e. The third-order valence-corrected chi connectivity index (χ3v) is 5.13. The quantitative estimate of drug-likeness (QED) is 0.446. The molecule has 0 aliphatic heterocycles. The average molecular weight is 354 g/mol. The van der Waals surface area contributed by atoms with Crippen LogP contribution in [0.25, 0.3) is 20.9 Å². The molecular weight excluding hydrogens is 336 g/mol. The maximum atomic E-state index is 4.61. The van der Waals surface area contributed by atoms with E-state index in [-0.39, 0.29) is 0 Å². The Hall–Kier alpha value is -3.17. The zero-order valence-electron chi connectivity index (χ0n) is 14.2. The predicted molar refractivity (Wildman–Crippen MR) is 111 cm³/mol. The standard InChI is InChI=1S/C23H18N2S/c1-4-10-18(11-5-1)22-16-21(25-24-20-14-8-3-9-15-20)17-23(26-22)19-12-6-2-7-13-19/h1-17,24H. The van der Waals surface area contributed by atoms with Crippen LogP contribution in [0.5, 0.6) is 0 Å². The average Bonchev–Trinajstić information content (AvgIpc) is 2.74. The van der Waals surface area contributed by atoms with Crippen LogP contribution < -0.4 is 10.8 Å². The molecule has 0 saturated carbocycles. The first-order chi connectivity index (χ1) is 12.9. The van der Waals surface area contributed by atoms with Crippen molar-refractivity contribution in [1.29, 1.82) is 0 Å². The van der Waals surface area contributed by atoms with Crippen molar-refractivity contribution in [2.45, 2.75) is 0 Å². The van der Waals surface area contributed by atoms with E-state index >= 15 is 0 Å². The van der Waals surface area contributed by atoms with E-state index in [1.807, 2.05) is 42.5 Å². The first-order valence-corrected chi connectivity index (χ1v) is 9.31. The predicted octanol–water partition coefficient (Wildman–Crippen LogP) is 6.01. The van der Waals surface area contributed by atoms with Gasteiger partial charge in [-0.3, -0.25) is 5.43 Å². The molecule has 0 radical (unpaired) electrons. The highest BCUT2D eigenvalue weighted by Crippen LogP contribution is 2.30. The summed E-state index contributed by atoms with van der Waals surface area (Å²) in [7, 11) is 0. The fourth-order valence-electron chi connectivity index (χ4n) is 2.68. The highest BCUT2D eigenvalue weighted by molar-refractivity contribution is 7.18. The molecule has 0 fully saturated rings. The number of rotatable bonds is 4. The van der Waals surface area contributed by atoms with E-state index in [9.17, 15) is 0 Å². The van der Waals surface area contributed by atoms with Gasteiger partial charge in [-0.05, 0) is 35.4 Å². The monoisotopic (exact) mass is 354 g/mol. The fraction of sp³-hybridized carbons (Fsp3) is 0. The maximum Gasteiger partial charge on any atom is 0.0862 e. The molecular formula is C23H18N2S. The van der Waals surface area contributed by atoms with Gasteiger partial charge in [-0.1, -0.05) is 78.9 Å². The van der Waals surface area contributed by atoms with Crippen LogP contribution in [-0.2, 0) is 0 Å². The second-order valence-corrected chi connectivity index (χ2v) is 6.95. The summed E-state index contributed by atoms with van der Waals surface area (Å²) < 4.78 is 0. The summed E-state index contributed by atoms with van der Waals surface area (Å²) >= 11 is 1.78. The van der Waals surface area contributed by atoms with Gasteiger partial charge in [-0.15, -0.1) is 11.3 Å². The Morgan fingerprint density at radius 2 is 1.04 bits per heavy atom. The smallest absolute Gasteiger partial charge is 0.0862 e. The molecule has 0 unspecified atom stereocenters. The van der Waals surface area contributed by atoms with Crippen LogP contribution in [0, 0.1) is 0 Å². The van der Waals surface area contributed by atoms with E-state index < -0.39 is 0 Å². The van der Waals surface area contributed by atoms with Gasteiger partial charge in [0.2, 0.25) is 0 Å². The lowest BCUT2D eigenvalue weighted by atomic mass is 10.1. The first kappa shape index (κ1) is 16.3. The molecule has 0 aliphatic carbocycles. The highest BCUT2D eigenvalue weighted by atomic mass is 32.1. The summed E-state index contributed by atoms with van der Waals surface area (Å²) in [5, 5.41) is 5.51. The Kier molecular flexibility index (Phi) is 4.90. The summed E-state index contributed by atoms with van der Waals surface area (Å²) in [6, 6.07) is 35.1. The number of anilines is 1. The minimum atomic E-state index is 0.908. The SMILES string of the molecule is c1ccc(NN=c2cc(-c3ccccc3)sc(-c3ccccc3)c2)cc1. The van der Waals surface area contributed by atoms with Crippen molar-refractivity contribution in [2.24, 2.45) is 5.10 Å². The summed E-state index contributed by atoms with van der Waals surface area (Å²) in [5.41, 5.74) is 6.52. The van der Waals surface area contributed by atoms with Crippen LogP contribution in [0.15, 0.2) is 108 Å². The lowest BCUT2D eigenvalue weighted by molar-refractivity contribution is 1.22. The van der Waals surface area contributed by atoms with Crippen LogP contribution in [-0.4, -0.2) is 0 Å². The van der Waals surface area contributed by atoms with Gasteiger partial charge >= 0.3 is 0 Å². The molecule has 2 nitrogen and oxygen atoms in total. The number of hydrogen-bond donors (Lipinski definition) is 1. The van der Waals surface area contributed by atoms with Crippen molar-refractivity contribution in [2.75, 3.05) is 5.43 Å². The number of hydrogen-bond acceptors (Lipinski definition) is 3. The lowest BCUT2D eigenvalue weighted by Crippen LogP contribution is -2.05. The topological polar surface area (TPSA) is 24.4 Å². The third kappa shape index (κ3) is 3.90. The molecule has 0 spiro atoms. The van der Waals surface area contributed by atoms with Gasteiger partial charge in [-0.2, -0.15) is 5.10 Å². The fourth-order valence-corrected chi connectivity index (χ4v) is 3.79. The van der Waals surface area contributed by atoms with Crippen LogP contribution in [0.1, 0.15) is 0 Å². The van der Waals surface area contributed by atoms with E-state index in [0.717, 1.165) is 11.0 Å². The van der Waals surface area contributed by atoms with E-state index in [1.54, 1.807) is 11.3 Å². The molecule has 126 valence electrons. The molecule has 4 rings (SSSR count). The molecule has 4 aromatic rings. The van der Waals surface area contributed by atoms with E-state index in [0.29, 0.717) is 0 Å². The van der Waals surface area contributed by atoms with Crippen LogP contribution in [0.2, 0.25) is 0 Å². The summed E-state index contributed by atoms with van der Waals surface area (Å²) in [6.07, 6.45) is 0. The second-order valence-electron chi connectivity index (χ2n) is 5.87. The Balaban J connectivity index is 1.80. The summed E-state index contributed by atoms with van der Waals surface area (Å²) in [4.78, 5) is 2.39. The van der Waals surface area contributed by atoms with Gasteiger partial charge in [0.1, 0.15) is 0 Å². The summed E-state index contributed by atoms with van der Waals surface area (Å²) in [5.74, 6) is 0. The maximum absolute atomic E-state index is 4.61. The molecule has 0 amide bonds. The van der Waals surface area contributed by atoms with Crippen molar-refractivity contribution >= 4 is 17.0 Å². The van der Waals surface area contributed by atoms with Crippen LogP contribution in [0.4, 0.5) is 5.69 Å². The van der Waals surface area contributed by atoms with Gasteiger partial charge in [-0.25, -0.2) is 0 Å². The number of nitrogens with one attached hydrogen (secondary N) is 1. The van der Waals surface area contributed by atoms with Gasteiger partial charge in [0.15, 0.2) is 0 Å². The normalized spacial score (nSPS) is 10.3. The molecule has 26 heavy (non-hydrogen) atoms. The van der Waals surface area contributed by atoms with Crippen LogP contribution >= 0.6 is 11.3 Å². The molecule has 1 N–H and O–H groups in total. The molecule has 0 saturated heterocycles. The van der Waals surface area contributed by atoms with Gasteiger partial charge in [0, 0.05) is 9.75 Å². The van der Waals surface area contributed by atoms with Crippen molar-refractivity contribution in [3.63, 3.8) is 0 Å². The summed E-state index contributed by atoms with van der Waals surface area (Å²) in [6.45, 7) is 0. The van der Waals surface area contributed by atoms with Crippen molar-refractivity contribution in [1.82, 2.24) is 0 Å². The Bertz CT molecular complexity index is 979. The van der Waals surface area contributed by atoms with Gasteiger partial charge < -0.3 is 0 Å². The molecule has 1 aromatic heterocycles. The largest absolute Gasteiger partial charge is 0.278 e. The van der Waals surface area contributed by atoms with Crippen molar-refractivity contribution in [3.05, 3.63) is 108 Å². The van der Waals surface area contributed by atoms with E-state index in [1.165, 1.54) is 20.9 Å². The zero-order valence-corrected chi connectivity index (χ0v) is 15.0. The van der Waals surface area contributed by atoms with Crippen LogP contribution in [0.3, 0.4) is 0 Å². The second kappa shape index (κ2) is 7.81. The van der Waals surface area contributed by atoms with E-state index in [2.05, 4.69) is 71.2 Å². The van der Waals surface area contributed by atoms with Gasteiger partial charge in [0.25, 0.3) is 0 Å². The highest BCUT2D eigenvalue weighted by Gasteiger charge is 2.04. The molecule has 3 heteroatoms. The number of para-hydroxylation sites is 1. The molecule has 0 aliphatic rings. The first-order valence-electron chi connectivity index (χ1n) is 8.49. The Morgan fingerprint density at radius 1 is 0.577 bits per heavy atom. The lowest BCUT2D eigenvalue weighted by Gasteiger charge is -2.06. The number of benzene rings is 3. The Morgan fingerprint density at radius 3 is 1.54 bits per heavy atom. The zero-order chi connectivity index (χ0) is 17.6. The molecule has 0 atom stereocenters. The Labute approximate surface area is 157 Å². The van der Waals surface area contributed by atoms with Crippen molar-refractivity contribution in [3.8, 4) is 20.9 Å². The molecule has 0 bridgehead atoms. The number of nitrogens with zero attached hydrogens (tertiary/aromatic N) is 1. The van der Waals surface area contributed by atoms with E-state index in [4.69, 9.17) is 0 Å². The molecule has 3 aromatic carbocycles. The minimum absolute atomic E-state index is 0.908. The van der Waals surface area contributed by atoms with Crippen molar-refractivity contribution < 1.29 is 0 Å².